The van der Waals surface area contributed by atoms with Gasteiger partial charge in [0, 0.05) is 17.6 Å². The number of amides is 1. The Kier molecular flexibility index (Phi) is 4.18. The van der Waals surface area contributed by atoms with E-state index < -0.39 is 21.9 Å². The van der Waals surface area contributed by atoms with Crippen molar-refractivity contribution in [2.45, 2.75) is 0 Å². The van der Waals surface area contributed by atoms with Gasteiger partial charge in [-0.25, -0.2) is 13.4 Å². The molecule has 0 aliphatic heterocycles. The summed E-state index contributed by atoms with van der Waals surface area (Å²) in [5.41, 5.74) is 1.08. The highest BCUT2D eigenvalue weighted by molar-refractivity contribution is 7.92. The summed E-state index contributed by atoms with van der Waals surface area (Å²) in [7, 11) is -3.34. The molecule has 1 aromatic carbocycles. The van der Waals surface area contributed by atoms with E-state index in [0.29, 0.717) is 11.4 Å². The molecule has 0 saturated heterocycles. The van der Waals surface area contributed by atoms with Crippen LogP contribution in [0.25, 0.3) is 0 Å². The number of rotatable bonds is 4. The molecule has 0 spiro atoms. The van der Waals surface area contributed by atoms with Gasteiger partial charge in [0.15, 0.2) is 0 Å². The second-order valence-corrected chi connectivity index (χ2v) is 6.02. The summed E-state index contributed by atoms with van der Waals surface area (Å²) in [5, 5.41) is 2.59. The van der Waals surface area contributed by atoms with Crippen LogP contribution in [0.15, 0.2) is 42.6 Å². The van der Waals surface area contributed by atoms with E-state index in [2.05, 4.69) is 15.0 Å². The molecule has 0 fully saturated rings. The predicted molar refractivity (Wildman–Crippen MR) is 77.1 cm³/mol. The fourth-order valence-electron chi connectivity index (χ4n) is 1.55. The van der Waals surface area contributed by atoms with E-state index in [-0.39, 0.29) is 5.56 Å². The Balaban J connectivity index is 2.06. The first-order valence-electron chi connectivity index (χ1n) is 5.84. The van der Waals surface area contributed by atoms with Crippen LogP contribution in [0, 0.1) is 5.95 Å². The molecule has 21 heavy (non-hydrogen) atoms. The molecule has 1 heterocycles. The Labute approximate surface area is 121 Å². The molecule has 0 aliphatic carbocycles. The lowest BCUT2D eigenvalue weighted by atomic mass is 10.2. The Morgan fingerprint density at radius 2 is 1.71 bits per heavy atom. The molecular formula is C13H12FN3O3S. The smallest absolute Gasteiger partial charge is 0.257 e. The summed E-state index contributed by atoms with van der Waals surface area (Å²) in [5.74, 6) is -1.10. The van der Waals surface area contributed by atoms with Gasteiger partial charge in [0.05, 0.1) is 11.8 Å². The van der Waals surface area contributed by atoms with Gasteiger partial charge in [-0.1, -0.05) is 0 Å². The maximum absolute atomic E-state index is 12.7. The van der Waals surface area contributed by atoms with Gasteiger partial charge in [-0.2, -0.15) is 4.39 Å². The van der Waals surface area contributed by atoms with Crippen LogP contribution < -0.4 is 10.0 Å². The minimum atomic E-state index is -3.34. The number of carbonyl (C=O) groups is 1. The van der Waals surface area contributed by atoms with Gasteiger partial charge in [0.1, 0.15) is 0 Å². The number of nitrogens with zero attached hydrogens (tertiary/aromatic N) is 1. The van der Waals surface area contributed by atoms with Gasteiger partial charge in [0.2, 0.25) is 16.0 Å². The number of nitrogens with one attached hydrogen (secondary N) is 2. The molecule has 1 amide bonds. The normalized spacial score (nSPS) is 11.0. The molecule has 0 saturated carbocycles. The molecule has 0 atom stereocenters. The van der Waals surface area contributed by atoms with Gasteiger partial charge in [-0.05, 0) is 36.4 Å². The molecule has 0 radical (unpaired) electrons. The largest absolute Gasteiger partial charge is 0.322 e. The minimum Gasteiger partial charge on any atom is -0.322 e. The summed E-state index contributed by atoms with van der Waals surface area (Å²) in [6.07, 6.45) is 2.18. The van der Waals surface area contributed by atoms with Crippen molar-refractivity contribution in [3.63, 3.8) is 0 Å². The molecule has 0 bridgehead atoms. The lowest BCUT2D eigenvalue weighted by Gasteiger charge is -2.07. The average molecular weight is 309 g/mol. The number of halogens is 1. The highest BCUT2D eigenvalue weighted by Gasteiger charge is 2.07. The maximum Gasteiger partial charge on any atom is 0.257 e. The zero-order valence-corrected chi connectivity index (χ0v) is 11.8. The first-order chi connectivity index (χ1) is 9.83. The van der Waals surface area contributed by atoms with Crippen molar-refractivity contribution < 1.29 is 17.6 Å². The third-order valence-electron chi connectivity index (χ3n) is 2.44. The predicted octanol–water partition coefficient (Wildman–Crippen LogP) is 1.84. The molecule has 2 rings (SSSR count). The van der Waals surface area contributed by atoms with Crippen LogP contribution in [0.2, 0.25) is 0 Å². The van der Waals surface area contributed by atoms with Crippen LogP contribution in [0.5, 0.6) is 0 Å². The highest BCUT2D eigenvalue weighted by Crippen LogP contribution is 2.15. The van der Waals surface area contributed by atoms with E-state index >= 15 is 0 Å². The lowest BCUT2D eigenvalue weighted by Crippen LogP contribution is -2.13. The summed E-state index contributed by atoms with van der Waals surface area (Å²) in [4.78, 5) is 15.2. The topological polar surface area (TPSA) is 88.2 Å². The van der Waals surface area contributed by atoms with Crippen molar-refractivity contribution in [1.82, 2.24) is 4.98 Å². The Hall–Kier alpha value is -2.48. The number of aromatic nitrogens is 1. The van der Waals surface area contributed by atoms with Gasteiger partial charge in [-0.15, -0.1) is 0 Å². The summed E-state index contributed by atoms with van der Waals surface area (Å²) < 4.78 is 37.1. The number of benzene rings is 1. The first-order valence-corrected chi connectivity index (χ1v) is 7.73. The molecule has 110 valence electrons. The number of sulfonamides is 1. The fourth-order valence-corrected chi connectivity index (χ4v) is 2.11. The van der Waals surface area contributed by atoms with Crippen LogP contribution in [-0.2, 0) is 10.0 Å². The zero-order valence-electron chi connectivity index (χ0n) is 11.0. The minimum absolute atomic E-state index is 0.217. The highest BCUT2D eigenvalue weighted by atomic mass is 32.2. The van der Waals surface area contributed by atoms with E-state index in [1.165, 1.54) is 18.2 Å². The third-order valence-corrected chi connectivity index (χ3v) is 3.04. The second kappa shape index (κ2) is 5.88. The molecule has 6 nitrogen and oxygen atoms in total. The SMILES string of the molecule is CS(=O)(=O)Nc1ccc(NC(=O)c2ccc(F)nc2)cc1. The standard InChI is InChI=1S/C13H12FN3O3S/c1-21(19,20)17-11-5-3-10(4-6-11)16-13(18)9-2-7-12(14)15-8-9/h2-8,17H,1H3,(H,16,18). The van der Waals surface area contributed by atoms with E-state index in [4.69, 9.17) is 0 Å². The second-order valence-electron chi connectivity index (χ2n) is 4.28. The molecule has 0 unspecified atom stereocenters. The Morgan fingerprint density at radius 3 is 2.24 bits per heavy atom. The van der Waals surface area contributed by atoms with Gasteiger partial charge >= 0.3 is 0 Å². The molecular weight excluding hydrogens is 297 g/mol. The number of hydrogen-bond acceptors (Lipinski definition) is 4. The fraction of sp³-hybridized carbons (Fsp3) is 0.0769. The number of hydrogen-bond donors (Lipinski definition) is 2. The molecule has 2 N–H and O–H groups in total. The summed E-state index contributed by atoms with van der Waals surface area (Å²) in [6, 6.07) is 8.52. The van der Waals surface area contributed by atoms with Crippen LogP contribution in [0.4, 0.5) is 15.8 Å². The van der Waals surface area contributed by atoms with Crippen molar-refractivity contribution in [2.24, 2.45) is 0 Å². The zero-order chi connectivity index (χ0) is 15.5. The van der Waals surface area contributed by atoms with Gasteiger partial charge in [0.25, 0.3) is 5.91 Å². The van der Waals surface area contributed by atoms with Crippen LogP contribution in [0.1, 0.15) is 10.4 Å². The molecule has 1 aromatic heterocycles. The quantitative estimate of drug-likeness (QED) is 0.844. The van der Waals surface area contributed by atoms with Crippen molar-refractivity contribution >= 4 is 27.3 Å². The van der Waals surface area contributed by atoms with E-state index in [1.807, 2.05) is 0 Å². The number of anilines is 2. The summed E-state index contributed by atoms with van der Waals surface area (Å²) in [6.45, 7) is 0. The van der Waals surface area contributed by atoms with Gasteiger partial charge in [-0.3, -0.25) is 9.52 Å². The van der Waals surface area contributed by atoms with Crippen LogP contribution in [-0.4, -0.2) is 25.6 Å². The van der Waals surface area contributed by atoms with E-state index in [0.717, 1.165) is 18.5 Å². The third kappa shape index (κ3) is 4.53. The maximum atomic E-state index is 12.7. The van der Waals surface area contributed by atoms with Gasteiger partial charge < -0.3 is 5.32 Å². The molecule has 8 heteroatoms. The van der Waals surface area contributed by atoms with E-state index in [9.17, 15) is 17.6 Å². The number of pyridine rings is 1. The van der Waals surface area contributed by atoms with Crippen LogP contribution >= 0.6 is 0 Å². The van der Waals surface area contributed by atoms with Crippen LogP contribution in [0.3, 0.4) is 0 Å². The molecule has 0 aliphatic rings. The van der Waals surface area contributed by atoms with Crippen molar-refractivity contribution in [2.75, 3.05) is 16.3 Å². The first kappa shape index (κ1) is 14.9. The Morgan fingerprint density at radius 1 is 1.10 bits per heavy atom. The van der Waals surface area contributed by atoms with Crippen molar-refractivity contribution in [3.8, 4) is 0 Å². The number of carbonyl (C=O) groups excluding carboxylic acids is 1. The lowest BCUT2D eigenvalue weighted by molar-refractivity contribution is 0.102. The monoisotopic (exact) mass is 309 g/mol. The van der Waals surface area contributed by atoms with E-state index in [1.54, 1.807) is 12.1 Å². The van der Waals surface area contributed by atoms with Crippen molar-refractivity contribution in [1.29, 1.82) is 0 Å². The average Bonchev–Trinajstić information content (AvgIpc) is 2.40. The summed E-state index contributed by atoms with van der Waals surface area (Å²) >= 11 is 0. The van der Waals surface area contributed by atoms with Crippen molar-refractivity contribution in [3.05, 3.63) is 54.1 Å². The Bertz CT molecular complexity index is 743. The molecule has 2 aromatic rings.